The Kier molecular flexibility index (Phi) is 5.42. The van der Waals surface area contributed by atoms with Crippen molar-refractivity contribution in [3.8, 4) is 0 Å². The molecule has 4 nitrogen and oxygen atoms in total. The Morgan fingerprint density at radius 3 is 2.43 bits per heavy atom. The Balaban J connectivity index is 1.45. The number of halogens is 1. The van der Waals surface area contributed by atoms with Gasteiger partial charge in [-0.1, -0.05) is 25.0 Å². The van der Waals surface area contributed by atoms with Gasteiger partial charge in [0.1, 0.15) is 5.82 Å². The molecule has 5 heteroatoms. The van der Waals surface area contributed by atoms with Crippen LogP contribution in [0.1, 0.15) is 59.2 Å². The summed E-state index contributed by atoms with van der Waals surface area (Å²) in [5.41, 5.74) is 1.17. The van der Waals surface area contributed by atoms with Crippen LogP contribution in [0.3, 0.4) is 0 Å². The number of likely N-dealkylation sites (tertiary alicyclic amines) is 1. The minimum atomic E-state index is -0.557. The molecule has 2 amide bonds. The molecule has 1 N–H and O–H groups in total. The third kappa shape index (κ3) is 3.79. The fraction of sp³-hybridized carbons (Fsp3) is 0.391. The van der Waals surface area contributed by atoms with Crippen molar-refractivity contribution >= 4 is 17.5 Å². The average molecular weight is 380 g/mol. The number of rotatable bonds is 3. The molecule has 4 rings (SSSR count). The maximum Gasteiger partial charge on any atom is 0.258 e. The molecule has 2 fully saturated rings. The van der Waals surface area contributed by atoms with Gasteiger partial charge in [-0.25, -0.2) is 4.39 Å². The van der Waals surface area contributed by atoms with Crippen molar-refractivity contribution in [1.82, 2.24) is 4.90 Å². The van der Waals surface area contributed by atoms with Crippen molar-refractivity contribution in [2.45, 2.75) is 44.6 Å². The Bertz CT molecular complexity index is 863. The SMILES string of the molecule is O=C(Nc1ccc(C(=O)N2CCC[C@H]3CCCC[C@@H]32)cc1)c1ccccc1F. The number of carbonyl (C=O) groups is 2. The Hall–Kier alpha value is -2.69. The van der Waals surface area contributed by atoms with Crippen LogP contribution in [0.5, 0.6) is 0 Å². The number of fused-ring (bicyclic) bond motifs is 1. The zero-order chi connectivity index (χ0) is 19.5. The zero-order valence-electron chi connectivity index (χ0n) is 15.9. The predicted molar refractivity (Wildman–Crippen MR) is 107 cm³/mol. The van der Waals surface area contributed by atoms with E-state index in [1.54, 1.807) is 36.4 Å². The van der Waals surface area contributed by atoms with Gasteiger partial charge in [0.15, 0.2) is 0 Å². The first-order valence-electron chi connectivity index (χ1n) is 10.1. The first kappa shape index (κ1) is 18.7. The number of anilines is 1. The number of amides is 2. The fourth-order valence-electron chi connectivity index (χ4n) is 4.58. The minimum Gasteiger partial charge on any atom is -0.335 e. The predicted octanol–water partition coefficient (Wildman–Crippen LogP) is 4.87. The molecule has 0 radical (unpaired) electrons. The lowest BCUT2D eigenvalue weighted by atomic mass is 9.78. The molecule has 1 aliphatic heterocycles. The topological polar surface area (TPSA) is 49.4 Å². The first-order valence-corrected chi connectivity index (χ1v) is 10.1. The molecular weight excluding hydrogens is 355 g/mol. The molecule has 2 aromatic carbocycles. The normalized spacial score (nSPS) is 21.7. The molecule has 2 aromatic rings. The number of benzene rings is 2. The lowest BCUT2D eigenvalue weighted by Crippen LogP contribution is -2.49. The van der Waals surface area contributed by atoms with E-state index in [1.807, 2.05) is 0 Å². The summed E-state index contributed by atoms with van der Waals surface area (Å²) in [6, 6.07) is 13.1. The Morgan fingerprint density at radius 2 is 1.64 bits per heavy atom. The van der Waals surface area contributed by atoms with Crippen molar-refractivity contribution in [3.05, 3.63) is 65.5 Å². The fourth-order valence-corrected chi connectivity index (χ4v) is 4.58. The summed E-state index contributed by atoms with van der Waals surface area (Å²) in [4.78, 5) is 27.3. The van der Waals surface area contributed by atoms with Crippen molar-refractivity contribution in [3.63, 3.8) is 0 Å². The second kappa shape index (κ2) is 8.13. The first-order chi connectivity index (χ1) is 13.6. The average Bonchev–Trinajstić information content (AvgIpc) is 2.73. The van der Waals surface area contributed by atoms with E-state index < -0.39 is 11.7 Å². The van der Waals surface area contributed by atoms with Crippen LogP contribution in [-0.4, -0.2) is 29.3 Å². The molecule has 0 aromatic heterocycles. The maximum absolute atomic E-state index is 13.7. The van der Waals surface area contributed by atoms with Gasteiger partial charge in [-0.2, -0.15) is 0 Å². The summed E-state index contributed by atoms with van der Waals surface area (Å²) in [5, 5.41) is 2.69. The summed E-state index contributed by atoms with van der Waals surface area (Å²) < 4.78 is 13.7. The monoisotopic (exact) mass is 380 g/mol. The molecule has 1 aliphatic carbocycles. The molecule has 1 heterocycles. The van der Waals surface area contributed by atoms with Gasteiger partial charge in [0.25, 0.3) is 11.8 Å². The highest BCUT2D eigenvalue weighted by atomic mass is 19.1. The van der Waals surface area contributed by atoms with E-state index in [1.165, 1.54) is 37.8 Å². The number of carbonyl (C=O) groups excluding carboxylic acids is 2. The third-order valence-electron chi connectivity index (χ3n) is 6.01. The quantitative estimate of drug-likeness (QED) is 0.826. The van der Waals surface area contributed by atoms with E-state index in [4.69, 9.17) is 0 Å². The van der Waals surface area contributed by atoms with Gasteiger partial charge in [0, 0.05) is 23.8 Å². The molecule has 28 heavy (non-hydrogen) atoms. The van der Waals surface area contributed by atoms with Crippen molar-refractivity contribution in [2.24, 2.45) is 5.92 Å². The molecule has 0 spiro atoms. The summed E-state index contributed by atoms with van der Waals surface area (Å²) in [5.74, 6) is -0.341. The zero-order valence-corrected chi connectivity index (χ0v) is 15.9. The van der Waals surface area contributed by atoms with Gasteiger partial charge in [0.05, 0.1) is 5.56 Å². The van der Waals surface area contributed by atoms with Crippen molar-refractivity contribution in [1.29, 1.82) is 0 Å². The second-order valence-corrected chi connectivity index (χ2v) is 7.76. The number of hydrogen-bond acceptors (Lipinski definition) is 2. The molecule has 1 saturated heterocycles. The van der Waals surface area contributed by atoms with Crippen LogP contribution in [-0.2, 0) is 0 Å². The Labute approximate surface area is 164 Å². The summed E-state index contributed by atoms with van der Waals surface area (Å²) in [7, 11) is 0. The van der Waals surface area contributed by atoms with Gasteiger partial charge < -0.3 is 10.2 Å². The van der Waals surface area contributed by atoms with E-state index in [0.29, 0.717) is 23.2 Å². The van der Waals surface area contributed by atoms with Crippen molar-refractivity contribution in [2.75, 3.05) is 11.9 Å². The molecule has 2 aliphatic rings. The summed E-state index contributed by atoms with van der Waals surface area (Å²) >= 11 is 0. The van der Waals surface area contributed by atoms with Crippen molar-refractivity contribution < 1.29 is 14.0 Å². The van der Waals surface area contributed by atoms with Gasteiger partial charge in [-0.15, -0.1) is 0 Å². The number of nitrogens with one attached hydrogen (secondary N) is 1. The largest absolute Gasteiger partial charge is 0.335 e. The molecular formula is C23H25FN2O2. The third-order valence-corrected chi connectivity index (χ3v) is 6.01. The molecule has 146 valence electrons. The van der Waals surface area contributed by atoms with Crippen LogP contribution in [0.25, 0.3) is 0 Å². The molecule has 2 atom stereocenters. The smallest absolute Gasteiger partial charge is 0.258 e. The molecule has 0 unspecified atom stereocenters. The van der Waals surface area contributed by atoms with Gasteiger partial charge in [0.2, 0.25) is 0 Å². The van der Waals surface area contributed by atoms with Crippen LogP contribution in [0.2, 0.25) is 0 Å². The Morgan fingerprint density at radius 1 is 0.929 bits per heavy atom. The number of nitrogens with zero attached hydrogens (tertiary/aromatic N) is 1. The minimum absolute atomic E-state index is 0.000639. The lowest BCUT2D eigenvalue weighted by Gasteiger charge is -2.44. The van der Waals surface area contributed by atoms with E-state index in [0.717, 1.165) is 19.4 Å². The number of hydrogen-bond donors (Lipinski definition) is 1. The highest BCUT2D eigenvalue weighted by molar-refractivity contribution is 6.04. The van der Waals surface area contributed by atoms with Crippen LogP contribution in [0.15, 0.2) is 48.5 Å². The lowest BCUT2D eigenvalue weighted by molar-refractivity contribution is 0.0390. The van der Waals surface area contributed by atoms with Crippen LogP contribution in [0.4, 0.5) is 10.1 Å². The summed E-state index contributed by atoms with van der Waals surface area (Å²) in [6.07, 6.45) is 7.12. The van der Waals surface area contributed by atoms with E-state index in [2.05, 4.69) is 10.2 Å². The molecule has 1 saturated carbocycles. The van der Waals surface area contributed by atoms with Gasteiger partial charge in [-0.05, 0) is 68.0 Å². The highest BCUT2D eigenvalue weighted by Gasteiger charge is 2.35. The second-order valence-electron chi connectivity index (χ2n) is 7.76. The van der Waals surface area contributed by atoms with E-state index in [-0.39, 0.29) is 11.5 Å². The van der Waals surface area contributed by atoms with Crippen LogP contribution >= 0.6 is 0 Å². The highest BCUT2D eigenvalue weighted by Crippen LogP contribution is 2.36. The molecule has 0 bridgehead atoms. The van der Waals surface area contributed by atoms with Crippen LogP contribution in [0, 0.1) is 11.7 Å². The maximum atomic E-state index is 13.7. The standard InChI is InChI=1S/C23H25FN2O2/c24-20-9-3-2-8-19(20)22(27)25-18-13-11-17(12-14-18)23(28)26-15-5-7-16-6-1-4-10-21(16)26/h2-3,8-9,11-14,16,21H,1,4-7,10,15H2,(H,25,27)/t16-,21+/m1/s1. The summed E-state index contributed by atoms with van der Waals surface area (Å²) in [6.45, 7) is 0.825. The van der Waals surface area contributed by atoms with E-state index in [9.17, 15) is 14.0 Å². The van der Waals surface area contributed by atoms with Gasteiger partial charge >= 0.3 is 0 Å². The number of piperidine rings is 1. The van der Waals surface area contributed by atoms with E-state index >= 15 is 0 Å². The van der Waals surface area contributed by atoms with Crippen LogP contribution < -0.4 is 5.32 Å². The van der Waals surface area contributed by atoms with Gasteiger partial charge in [-0.3, -0.25) is 9.59 Å².